The van der Waals surface area contributed by atoms with Gasteiger partial charge in [-0.05, 0) is 19.3 Å². The lowest BCUT2D eigenvalue weighted by Crippen LogP contribution is -2.28. The maximum atomic E-state index is 12.7. The van der Waals surface area contributed by atoms with Crippen LogP contribution >= 0.6 is 0 Å². The van der Waals surface area contributed by atoms with Gasteiger partial charge in [0.1, 0.15) is 34.5 Å². The molecule has 0 saturated heterocycles. The molecule has 0 atom stereocenters. The van der Waals surface area contributed by atoms with Gasteiger partial charge in [0.15, 0.2) is 17.3 Å². The molecule has 0 N–H and O–H groups in total. The minimum atomic E-state index is 0.139. The molecule has 0 bridgehead atoms. The van der Waals surface area contributed by atoms with Crippen molar-refractivity contribution in [3.8, 4) is 17.2 Å². The van der Waals surface area contributed by atoms with Crippen molar-refractivity contribution in [1.82, 2.24) is 0 Å². The van der Waals surface area contributed by atoms with Gasteiger partial charge in [-0.1, -0.05) is 0 Å². The first-order chi connectivity index (χ1) is 16.1. The summed E-state index contributed by atoms with van der Waals surface area (Å²) in [6, 6.07) is 0. The Bertz CT molecular complexity index is 1110. The third-order valence-corrected chi connectivity index (χ3v) is 7.82. The highest BCUT2D eigenvalue weighted by atomic mass is 16.5. The monoisotopic (exact) mass is 444 g/mol. The summed E-state index contributed by atoms with van der Waals surface area (Å²) < 4.78 is 19.3. The summed E-state index contributed by atoms with van der Waals surface area (Å²) in [6.45, 7) is 0. The molecule has 0 aromatic heterocycles. The van der Waals surface area contributed by atoms with Crippen LogP contribution in [0.4, 0.5) is 0 Å². The zero-order chi connectivity index (χ0) is 22.3. The number of ketones is 3. The Balaban J connectivity index is 1.43. The van der Waals surface area contributed by atoms with Crippen molar-refractivity contribution >= 4 is 17.3 Å². The summed E-state index contributed by atoms with van der Waals surface area (Å²) in [7, 11) is 0. The lowest BCUT2D eigenvalue weighted by Gasteiger charge is -2.37. The molecule has 0 spiro atoms. The van der Waals surface area contributed by atoms with Gasteiger partial charge in [0.05, 0.1) is 0 Å². The topological polar surface area (TPSA) is 78.9 Å². The van der Waals surface area contributed by atoms with Gasteiger partial charge in [-0.2, -0.15) is 0 Å². The fourth-order valence-corrected chi connectivity index (χ4v) is 6.14. The van der Waals surface area contributed by atoms with Crippen molar-refractivity contribution in [3.63, 3.8) is 0 Å². The van der Waals surface area contributed by atoms with Crippen molar-refractivity contribution in [3.05, 3.63) is 50.7 Å². The molecule has 3 aliphatic heterocycles. The summed E-state index contributed by atoms with van der Waals surface area (Å²) in [5, 5.41) is 0. The number of Topliss-reactive ketones (excluding diaryl/α,β-unsaturated/α-hetero) is 3. The van der Waals surface area contributed by atoms with E-state index in [9.17, 15) is 14.4 Å². The van der Waals surface area contributed by atoms with Crippen molar-refractivity contribution in [2.24, 2.45) is 0 Å². The fourth-order valence-electron chi connectivity index (χ4n) is 6.14. The molecule has 1 aromatic carbocycles. The van der Waals surface area contributed by atoms with Crippen LogP contribution in [0.5, 0.6) is 17.2 Å². The molecule has 0 saturated carbocycles. The average Bonchev–Trinajstić information content (AvgIpc) is 2.82. The highest BCUT2D eigenvalue weighted by Gasteiger charge is 2.41. The molecule has 3 heterocycles. The molecule has 6 aliphatic rings. The maximum absolute atomic E-state index is 12.7. The van der Waals surface area contributed by atoms with Crippen LogP contribution in [0.3, 0.4) is 0 Å². The smallest absolute Gasteiger partial charge is 0.162 e. The SMILES string of the molecule is O=C1CCCC2=C1Cc1c(c3c(c4c1OC1=C(C4)C(=O)CCC1)OC1=C(C3)C(=O)CCC1)O2. The molecule has 3 aliphatic carbocycles. The van der Waals surface area contributed by atoms with Crippen molar-refractivity contribution in [2.45, 2.75) is 77.0 Å². The maximum Gasteiger partial charge on any atom is 0.162 e. The van der Waals surface area contributed by atoms with E-state index in [2.05, 4.69) is 0 Å². The highest BCUT2D eigenvalue weighted by molar-refractivity contribution is 6.00. The van der Waals surface area contributed by atoms with E-state index >= 15 is 0 Å². The molecule has 6 nitrogen and oxygen atoms in total. The molecule has 1 aromatic rings. The average molecular weight is 444 g/mol. The number of hydrogen-bond donors (Lipinski definition) is 0. The molecule has 7 rings (SSSR count). The number of allylic oxidation sites excluding steroid dienone is 6. The molecule has 168 valence electrons. The summed E-state index contributed by atoms with van der Waals surface area (Å²) in [5.74, 6) is 4.73. The van der Waals surface area contributed by atoms with Gasteiger partial charge in [-0.15, -0.1) is 0 Å². The van der Waals surface area contributed by atoms with Crippen LogP contribution < -0.4 is 14.2 Å². The number of carbonyl (C=O) groups is 3. The van der Waals surface area contributed by atoms with Crippen LogP contribution in [0, 0.1) is 0 Å². The fraction of sp³-hybridized carbons (Fsp3) is 0.444. The largest absolute Gasteiger partial charge is 0.460 e. The first-order valence-electron chi connectivity index (χ1n) is 12.1. The second-order valence-electron chi connectivity index (χ2n) is 9.79. The van der Waals surface area contributed by atoms with Crippen LogP contribution in [0.2, 0.25) is 0 Å². The number of hydrogen-bond acceptors (Lipinski definition) is 6. The van der Waals surface area contributed by atoms with Crippen LogP contribution in [-0.4, -0.2) is 17.3 Å². The zero-order valence-corrected chi connectivity index (χ0v) is 18.4. The van der Waals surface area contributed by atoms with Crippen molar-refractivity contribution in [2.75, 3.05) is 0 Å². The van der Waals surface area contributed by atoms with Gasteiger partial charge < -0.3 is 14.2 Å². The highest BCUT2D eigenvalue weighted by Crippen LogP contribution is 2.55. The Morgan fingerprint density at radius 2 is 0.727 bits per heavy atom. The summed E-state index contributed by atoms with van der Waals surface area (Å²) in [6.07, 6.45) is 7.63. The minimum absolute atomic E-state index is 0.139. The third kappa shape index (κ3) is 2.76. The van der Waals surface area contributed by atoms with Gasteiger partial charge in [0, 0.05) is 91.2 Å². The Labute approximate surface area is 191 Å². The summed E-state index contributed by atoms with van der Waals surface area (Å²) >= 11 is 0. The summed E-state index contributed by atoms with van der Waals surface area (Å²) in [5.41, 5.74) is 4.80. The molecular weight excluding hydrogens is 420 g/mol. The van der Waals surface area contributed by atoms with Gasteiger partial charge in [0.25, 0.3) is 0 Å². The Kier molecular flexibility index (Phi) is 4.06. The standard InChI is InChI=1S/C27H24O6/c28-19-4-1-7-22-13(19)10-16-25(31-22)17-11-14-20(29)5-2-8-23(14)33-27(17)18-12-15-21(30)6-3-9-24(15)32-26(16)18/h1-12H2. The van der Waals surface area contributed by atoms with E-state index in [-0.39, 0.29) is 17.3 Å². The predicted molar refractivity (Wildman–Crippen MR) is 117 cm³/mol. The Morgan fingerprint density at radius 3 is 1.03 bits per heavy atom. The van der Waals surface area contributed by atoms with E-state index in [1.807, 2.05) is 0 Å². The third-order valence-electron chi connectivity index (χ3n) is 7.82. The molecule has 33 heavy (non-hydrogen) atoms. The van der Waals surface area contributed by atoms with Crippen LogP contribution in [0.1, 0.15) is 74.5 Å². The van der Waals surface area contributed by atoms with E-state index in [1.54, 1.807) is 0 Å². The Hall–Kier alpha value is -3.15. The number of benzene rings is 1. The van der Waals surface area contributed by atoms with Gasteiger partial charge in [-0.3, -0.25) is 14.4 Å². The van der Waals surface area contributed by atoms with Crippen LogP contribution in [0.15, 0.2) is 34.0 Å². The molecule has 0 radical (unpaired) electrons. The summed E-state index contributed by atoms with van der Waals surface area (Å²) in [4.78, 5) is 38.1. The van der Waals surface area contributed by atoms with E-state index in [4.69, 9.17) is 14.2 Å². The van der Waals surface area contributed by atoms with Crippen LogP contribution in [-0.2, 0) is 33.6 Å². The second kappa shape index (κ2) is 6.92. The van der Waals surface area contributed by atoms with Gasteiger partial charge in [-0.25, -0.2) is 0 Å². The molecule has 0 fully saturated rings. The molecule has 0 amide bonds. The van der Waals surface area contributed by atoms with Crippen molar-refractivity contribution < 1.29 is 28.6 Å². The van der Waals surface area contributed by atoms with Gasteiger partial charge >= 0.3 is 0 Å². The normalized spacial score (nSPS) is 23.5. The Morgan fingerprint density at radius 1 is 0.424 bits per heavy atom. The quantitative estimate of drug-likeness (QED) is 0.586. The first-order valence-corrected chi connectivity index (χ1v) is 12.1. The zero-order valence-electron chi connectivity index (χ0n) is 18.4. The van der Waals surface area contributed by atoms with E-state index in [0.29, 0.717) is 55.8 Å². The second-order valence-corrected chi connectivity index (χ2v) is 9.79. The number of ether oxygens (including phenoxy) is 3. The minimum Gasteiger partial charge on any atom is -0.460 e. The van der Waals surface area contributed by atoms with Gasteiger partial charge in [0.2, 0.25) is 0 Å². The number of rotatable bonds is 0. The van der Waals surface area contributed by atoms with E-state index in [1.165, 1.54) is 0 Å². The van der Waals surface area contributed by atoms with Crippen molar-refractivity contribution in [1.29, 1.82) is 0 Å². The lowest BCUT2D eigenvalue weighted by atomic mass is 9.80. The number of fused-ring (bicyclic) bond motifs is 6. The van der Waals surface area contributed by atoms with Crippen LogP contribution in [0.25, 0.3) is 0 Å². The van der Waals surface area contributed by atoms with E-state index in [0.717, 1.165) is 89.2 Å². The predicted octanol–water partition coefficient (Wildman–Crippen LogP) is 4.51. The number of carbonyl (C=O) groups excluding carboxylic acids is 3. The van der Waals surface area contributed by atoms with E-state index < -0.39 is 0 Å². The first kappa shape index (κ1) is 19.3. The molecule has 6 heteroatoms. The lowest BCUT2D eigenvalue weighted by molar-refractivity contribution is -0.117. The molecule has 0 unspecified atom stereocenters. The molecular formula is C27H24O6.